The average molecular weight is 366 g/mol. The van der Waals surface area contributed by atoms with E-state index in [0.29, 0.717) is 16.5 Å². The highest BCUT2D eigenvalue weighted by atomic mass is 35.5. The molecule has 0 bridgehead atoms. The van der Waals surface area contributed by atoms with Gasteiger partial charge in [0.05, 0.1) is 0 Å². The second-order valence-electron chi connectivity index (χ2n) is 4.18. The topological polar surface area (TPSA) is 59.1 Å². The van der Waals surface area contributed by atoms with E-state index in [1.807, 2.05) is 0 Å². The highest BCUT2D eigenvalue weighted by Gasteiger charge is 2.17. The minimum Gasteiger partial charge on any atom is -0.243 e. The zero-order valence-electron chi connectivity index (χ0n) is 10.7. The summed E-state index contributed by atoms with van der Waals surface area (Å²) in [5.41, 5.74) is 0.807. The molecule has 1 heterocycles. The first-order chi connectivity index (χ1) is 9.90. The van der Waals surface area contributed by atoms with Gasteiger partial charge in [0.25, 0.3) is 0 Å². The van der Waals surface area contributed by atoms with Crippen LogP contribution in [0.2, 0.25) is 15.2 Å². The van der Waals surface area contributed by atoms with Crippen LogP contribution in [0.3, 0.4) is 0 Å². The summed E-state index contributed by atoms with van der Waals surface area (Å²) in [5, 5.41) is 0.974. The number of hydrogen-bond donors (Lipinski definition) is 1. The maximum absolute atomic E-state index is 12.1. The molecule has 0 aliphatic heterocycles. The maximum Gasteiger partial charge on any atom is 0.243 e. The number of aromatic nitrogens is 1. The summed E-state index contributed by atoms with van der Waals surface area (Å²) >= 11 is 17.6. The number of benzene rings is 1. The number of pyridine rings is 1. The van der Waals surface area contributed by atoms with Crippen LogP contribution in [0, 0.1) is 0 Å². The predicted octanol–water partition coefficient (Wildman–Crippen LogP) is 3.56. The van der Waals surface area contributed by atoms with E-state index in [-0.39, 0.29) is 16.6 Å². The monoisotopic (exact) mass is 364 g/mol. The summed E-state index contributed by atoms with van der Waals surface area (Å²) in [5.74, 6) is 0. The van der Waals surface area contributed by atoms with E-state index in [1.165, 1.54) is 18.3 Å². The normalized spacial score (nSPS) is 11.6. The molecule has 2 rings (SSSR count). The quantitative estimate of drug-likeness (QED) is 0.824. The Kier molecular flexibility index (Phi) is 5.46. The molecule has 8 heteroatoms. The fraction of sp³-hybridized carbons (Fsp3) is 0.154. The van der Waals surface area contributed by atoms with E-state index < -0.39 is 10.0 Å². The first-order valence-corrected chi connectivity index (χ1v) is 8.56. The van der Waals surface area contributed by atoms with E-state index in [2.05, 4.69) is 9.71 Å². The molecule has 0 aliphatic rings. The number of rotatable bonds is 5. The van der Waals surface area contributed by atoms with Crippen molar-refractivity contribution in [3.63, 3.8) is 0 Å². The zero-order chi connectivity index (χ0) is 15.5. The van der Waals surface area contributed by atoms with Crippen LogP contribution in [0.25, 0.3) is 0 Å². The van der Waals surface area contributed by atoms with Crippen molar-refractivity contribution >= 4 is 44.8 Å². The van der Waals surface area contributed by atoms with Crippen molar-refractivity contribution in [1.82, 2.24) is 9.71 Å². The number of nitrogens with zero attached hydrogens (tertiary/aromatic N) is 1. The third-order valence-electron chi connectivity index (χ3n) is 2.72. The van der Waals surface area contributed by atoms with Gasteiger partial charge in [0.1, 0.15) is 10.0 Å². The Labute approximate surface area is 138 Å². The number of sulfonamides is 1. The highest BCUT2D eigenvalue weighted by molar-refractivity contribution is 7.89. The molecule has 0 fully saturated rings. The summed E-state index contributed by atoms with van der Waals surface area (Å²) in [6, 6.07) is 7.99. The Morgan fingerprint density at radius 2 is 1.90 bits per heavy atom. The fourth-order valence-electron chi connectivity index (χ4n) is 1.69. The molecule has 1 N–H and O–H groups in total. The highest BCUT2D eigenvalue weighted by Crippen LogP contribution is 2.21. The van der Waals surface area contributed by atoms with Crippen LogP contribution in [0.5, 0.6) is 0 Å². The minimum atomic E-state index is -3.70. The number of halogens is 3. The van der Waals surface area contributed by atoms with Gasteiger partial charge >= 0.3 is 0 Å². The second-order valence-corrected chi connectivity index (χ2v) is 7.11. The third kappa shape index (κ3) is 4.31. The maximum atomic E-state index is 12.1. The Bertz CT molecular complexity index is 751. The fourth-order valence-corrected chi connectivity index (χ4v) is 3.68. The lowest BCUT2D eigenvalue weighted by Crippen LogP contribution is -2.26. The van der Waals surface area contributed by atoms with Crippen molar-refractivity contribution in [2.45, 2.75) is 11.3 Å². The molecule has 2 aromatic rings. The van der Waals surface area contributed by atoms with Crippen molar-refractivity contribution in [3.8, 4) is 0 Å². The Hall–Kier alpha value is -0.850. The van der Waals surface area contributed by atoms with E-state index >= 15 is 0 Å². The summed E-state index contributed by atoms with van der Waals surface area (Å²) in [7, 11) is -3.70. The zero-order valence-corrected chi connectivity index (χ0v) is 13.8. The van der Waals surface area contributed by atoms with E-state index in [4.69, 9.17) is 34.8 Å². The largest absolute Gasteiger partial charge is 0.243 e. The van der Waals surface area contributed by atoms with Crippen LogP contribution in [0.15, 0.2) is 41.4 Å². The predicted molar refractivity (Wildman–Crippen MR) is 84.6 cm³/mol. The summed E-state index contributed by atoms with van der Waals surface area (Å²) in [4.78, 5) is 3.70. The van der Waals surface area contributed by atoms with Gasteiger partial charge in [-0.3, -0.25) is 0 Å². The second kappa shape index (κ2) is 6.94. The smallest absolute Gasteiger partial charge is 0.243 e. The molecular formula is C13H11Cl3N2O2S. The van der Waals surface area contributed by atoms with Gasteiger partial charge in [0.2, 0.25) is 10.0 Å². The van der Waals surface area contributed by atoms with Crippen molar-refractivity contribution < 1.29 is 8.42 Å². The van der Waals surface area contributed by atoms with Gasteiger partial charge < -0.3 is 0 Å². The van der Waals surface area contributed by atoms with Gasteiger partial charge in [-0.05, 0) is 36.2 Å². The molecule has 0 saturated carbocycles. The Morgan fingerprint density at radius 1 is 1.14 bits per heavy atom. The van der Waals surface area contributed by atoms with Crippen molar-refractivity contribution in [2.24, 2.45) is 0 Å². The molecule has 1 aromatic heterocycles. The Balaban J connectivity index is 2.04. The average Bonchev–Trinajstić information content (AvgIpc) is 2.41. The lowest BCUT2D eigenvalue weighted by atomic mass is 10.1. The van der Waals surface area contributed by atoms with E-state index in [9.17, 15) is 8.42 Å². The lowest BCUT2D eigenvalue weighted by molar-refractivity contribution is 0.581. The molecule has 21 heavy (non-hydrogen) atoms. The molecule has 0 atom stereocenters. The van der Waals surface area contributed by atoms with Gasteiger partial charge in [0, 0.05) is 22.8 Å². The van der Waals surface area contributed by atoms with Gasteiger partial charge in [-0.15, -0.1) is 0 Å². The molecule has 0 spiro atoms. The first kappa shape index (κ1) is 16.5. The van der Waals surface area contributed by atoms with Gasteiger partial charge in [-0.2, -0.15) is 0 Å². The lowest BCUT2D eigenvalue weighted by Gasteiger charge is -2.08. The van der Waals surface area contributed by atoms with E-state index in [0.717, 1.165) is 5.56 Å². The van der Waals surface area contributed by atoms with Crippen LogP contribution in [-0.4, -0.2) is 19.9 Å². The van der Waals surface area contributed by atoms with Crippen molar-refractivity contribution in [2.75, 3.05) is 6.54 Å². The number of hydrogen-bond acceptors (Lipinski definition) is 3. The molecule has 4 nitrogen and oxygen atoms in total. The van der Waals surface area contributed by atoms with E-state index in [1.54, 1.807) is 18.2 Å². The van der Waals surface area contributed by atoms with Crippen LogP contribution in [0.1, 0.15) is 5.56 Å². The van der Waals surface area contributed by atoms with Crippen molar-refractivity contribution in [3.05, 3.63) is 57.3 Å². The molecule has 1 aromatic carbocycles. The molecular weight excluding hydrogens is 355 g/mol. The summed E-state index contributed by atoms with van der Waals surface area (Å²) in [6.45, 7) is 0.189. The minimum absolute atomic E-state index is 0.0473. The summed E-state index contributed by atoms with van der Waals surface area (Å²) < 4.78 is 26.6. The molecule has 0 saturated heterocycles. The standard InChI is InChI=1S/C13H11Cl3N2O2S/c14-10-4-3-9(11(15)8-10)5-7-18-21(19,20)12-2-1-6-17-13(12)16/h1-4,6,8,18H,5,7H2. The van der Waals surface area contributed by atoms with Crippen LogP contribution < -0.4 is 4.72 Å². The molecule has 0 amide bonds. The molecule has 112 valence electrons. The van der Waals surface area contributed by atoms with Crippen molar-refractivity contribution in [1.29, 1.82) is 0 Å². The third-order valence-corrected chi connectivity index (χ3v) is 5.21. The van der Waals surface area contributed by atoms with Crippen LogP contribution in [0.4, 0.5) is 0 Å². The Morgan fingerprint density at radius 3 is 2.57 bits per heavy atom. The van der Waals surface area contributed by atoms with Gasteiger partial charge in [-0.1, -0.05) is 40.9 Å². The molecule has 0 radical (unpaired) electrons. The first-order valence-electron chi connectivity index (χ1n) is 5.94. The van der Waals surface area contributed by atoms with Crippen LogP contribution >= 0.6 is 34.8 Å². The summed E-state index contributed by atoms with van der Waals surface area (Å²) in [6.07, 6.45) is 1.86. The molecule has 0 unspecified atom stereocenters. The van der Waals surface area contributed by atoms with Gasteiger partial charge in [0.15, 0.2) is 0 Å². The number of nitrogens with one attached hydrogen (secondary N) is 1. The van der Waals surface area contributed by atoms with Crippen LogP contribution in [-0.2, 0) is 16.4 Å². The SMILES string of the molecule is O=S(=O)(NCCc1ccc(Cl)cc1Cl)c1cccnc1Cl. The molecule has 0 aliphatic carbocycles. The van der Waals surface area contributed by atoms with Gasteiger partial charge in [-0.25, -0.2) is 18.1 Å².